The molecule has 1 aliphatic carbocycles. The Kier molecular flexibility index (Phi) is 3.99. The van der Waals surface area contributed by atoms with Gasteiger partial charge in [-0.1, -0.05) is 11.6 Å². The van der Waals surface area contributed by atoms with Crippen LogP contribution in [0.25, 0.3) is 0 Å². The van der Waals surface area contributed by atoms with Crippen molar-refractivity contribution in [2.45, 2.75) is 45.0 Å². The van der Waals surface area contributed by atoms with Crippen molar-refractivity contribution in [1.29, 1.82) is 0 Å². The van der Waals surface area contributed by atoms with E-state index in [2.05, 4.69) is 0 Å². The summed E-state index contributed by atoms with van der Waals surface area (Å²) in [4.78, 5) is 12.2. The second-order valence-corrected chi connectivity index (χ2v) is 5.32. The highest BCUT2D eigenvalue weighted by atomic mass is 16.7. The Bertz CT molecular complexity index is 383. The molecule has 0 unspecified atom stereocenters. The third-order valence-electron chi connectivity index (χ3n) is 4.43. The largest absolute Gasteiger partial charge is 0.468 e. The average molecular weight is 270 g/mol. The summed E-state index contributed by atoms with van der Waals surface area (Å²) in [6, 6.07) is 0. The molecule has 1 spiro atoms. The van der Waals surface area contributed by atoms with E-state index in [9.17, 15) is 9.90 Å². The number of aliphatic hydroxyl groups is 1. The van der Waals surface area contributed by atoms with E-state index in [4.69, 9.17) is 14.2 Å². The van der Waals surface area contributed by atoms with E-state index < -0.39 is 23.3 Å². The van der Waals surface area contributed by atoms with Gasteiger partial charge in [0.15, 0.2) is 5.79 Å². The topological polar surface area (TPSA) is 65.0 Å². The minimum Gasteiger partial charge on any atom is -0.468 e. The number of hydrogen-bond acceptors (Lipinski definition) is 5. The Morgan fingerprint density at radius 2 is 2.11 bits per heavy atom. The molecule has 108 valence electrons. The van der Waals surface area contributed by atoms with Crippen LogP contribution in [-0.4, -0.2) is 43.3 Å². The summed E-state index contributed by atoms with van der Waals surface area (Å²) in [6.07, 6.45) is 2.88. The van der Waals surface area contributed by atoms with E-state index in [1.54, 1.807) is 6.92 Å². The molecule has 2 fully saturated rings. The predicted octanol–water partition coefficient (Wildman–Crippen LogP) is 1.40. The summed E-state index contributed by atoms with van der Waals surface area (Å²) in [5.74, 6) is -1.60. The molecule has 1 heterocycles. The van der Waals surface area contributed by atoms with Crippen molar-refractivity contribution in [2.24, 2.45) is 5.41 Å². The Morgan fingerprint density at radius 1 is 1.47 bits per heavy atom. The van der Waals surface area contributed by atoms with Crippen molar-refractivity contribution in [1.82, 2.24) is 0 Å². The van der Waals surface area contributed by atoms with Crippen molar-refractivity contribution in [2.75, 3.05) is 20.3 Å². The van der Waals surface area contributed by atoms with Gasteiger partial charge in [-0.3, -0.25) is 4.79 Å². The molecule has 0 radical (unpaired) electrons. The molecule has 1 saturated carbocycles. The van der Waals surface area contributed by atoms with Crippen LogP contribution in [-0.2, 0) is 19.0 Å². The summed E-state index contributed by atoms with van der Waals surface area (Å²) >= 11 is 0. The standard InChI is InChI=1S/C14H22O5/c1-4-10-5-6-11(15)13(2,12(16)17-3)14(9-10)18-7-8-19-14/h4,11,15H,5-9H2,1-3H3/b10-4+/t11-,13-/m1/s1. The van der Waals surface area contributed by atoms with E-state index in [0.717, 1.165) is 12.0 Å². The average Bonchev–Trinajstić information content (AvgIpc) is 2.86. The van der Waals surface area contributed by atoms with Crippen LogP contribution < -0.4 is 0 Å². The SMILES string of the molecule is C/C=C1\CC[C@@H](O)[C@](C)(C(=O)OC)C2(C1)OCCO2. The molecule has 0 aromatic carbocycles. The first-order chi connectivity index (χ1) is 9.00. The number of aliphatic hydroxyl groups excluding tert-OH is 1. The fourth-order valence-corrected chi connectivity index (χ4v) is 3.04. The van der Waals surface area contributed by atoms with Crippen molar-refractivity contribution in [3.8, 4) is 0 Å². The first-order valence-electron chi connectivity index (χ1n) is 6.68. The number of carbonyl (C=O) groups is 1. The van der Waals surface area contributed by atoms with Crippen molar-refractivity contribution in [3.05, 3.63) is 11.6 Å². The molecule has 2 atom stereocenters. The smallest absolute Gasteiger partial charge is 0.319 e. The van der Waals surface area contributed by atoms with Crippen molar-refractivity contribution in [3.63, 3.8) is 0 Å². The number of allylic oxidation sites excluding steroid dienone is 1. The summed E-state index contributed by atoms with van der Waals surface area (Å²) in [7, 11) is 1.32. The molecule has 1 N–H and O–H groups in total. The molecule has 1 saturated heterocycles. The lowest BCUT2D eigenvalue weighted by Crippen LogP contribution is -2.58. The molecule has 5 nitrogen and oxygen atoms in total. The lowest BCUT2D eigenvalue weighted by molar-refractivity contribution is -0.257. The third-order valence-corrected chi connectivity index (χ3v) is 4.43. The first kappa shape index (κ1) is 14.5. The van der Waals surface area contributed by atoms with Gasteiger partial charge < -0.3 is 19.3 Å². The van der Waals surface area contributed by atoms with Crippen LogP contribution in [0.1, 0.15) is 33.1 Å². The zero-order chi connectivity index (χ0) is 14.1. The number of esters is 1. The number of rotatable bonds is 1. The third kappa shape index (κ3) is 2.10. The van der Waals surface area contributed by atoms with Crippen LogP contribution in [0.15, 0.2) is 11.6 Å². The lowest BCUT2D eigenvalue weighted by atomic mass is 9.74. The minimum atomic E-state index is -1.21. The minimum absolute atomic E-state index is 0.427. The maximum absolute atomic E-state index is 12.2. The van der Waals surface area contributed by atoms with E-state index in [0.29, 0.717) is 26.1 Å². The number of hydrogen-bond donors (Lipinski definition) is 1. The number of ether oxygens (including phenoxy) is 3. The normalized spacial score (nSPS) is 36.4. The van der Waals surface area contributed by atoms with Gasteiger partial charge >= 0.3 is 5.97 Å². The highest BCUT2D eigenvalue weighted by Gasteiger charge is 2.63. The quantitative estimate of drug-likeness (QED) is 0.576. The molecule has 0 bridgehead atoms. The second kappa shape index (κ2) is 5.23. The fourth-order valence-electron chi connectivity index (χ4n) is 3.04. The van der Waals surface area contributed by atoms with Crippen LogP contribution in [0.4, 0.5) is 0 Å². The molecular weight excluding hydrogens is 248 g/mol. The molecule has 2 rings (SSSR count). The van der Waals surface area contributed by atoms with Gasteiger partial charge in [0.1, 0.15) is 5.41 Å². The van der Waals surface area contributed by atoms with E-state index in [1.165, 1.54) is 7.11 Å². The van der Waals surface area contributed by atoms with Crippen LogP contribution >= 0.6 is 0 Å². The van der Waals surface area contributed by atoms with E-state index >= 15 is 0 Å². The van der Waals surface area contributed by atoms with Crippen LogP contribution in [0.3, 0.4) is 0 Å². The van der Waals surface area contributed by atoms with Crippen molar-refractivity contribution < 1.29 is 24.1 Å². The maximum Gasteiger partial charge on any atom is 0.319 e. The van der Waals surface area contributed by atoms with Gasteiger partial charge in [0.05, 0.1) is 26.4 Å². The van der Waals surface area contributed by atoms with Crippen LogP contribution in [0.2, 0.25) is 0 Å². The Balaban J connectivity index is 2.48. The molecule has 1 aliphatic heterocycles. The molecule has 19 heavy (non-hydrogen) atoms. The zero-order valence-electron chi connectivity index (χ0n) is 11.8. The summed E-state index contributed by atoms with van der Waals surface area (Å²) in [5, 5.41) is 10.5. The van der Waals surface area contributed by atoms with Crippen LogP contribution in [0, 0.1) is 5.41 Å². The van der Waals surface area contributed by atoms with Crippen molar-refractivity contribution >= 4 is 5.97 Å². The summed E-state index contributed by atoms with van der Waals surface area (Å²) in [5.41, 5.74) is -0.0724. The Morgan fingerprint density at radius 3 is 2.63 bits per heavy atom. The molecular formula is C14H22O5. The molecule has 2 aliphatic rings. The second-order valence-electron chi connectivity index (χ2n) is 5.32. The van der Waals surface area contributed by atoms with Gasteiger partial charge in [-0.15, -0.1) is 0 Å². The molecule has 0 amide bonds. The lowest BCUT2D eigenvalue weighted by Gasteiger charge is -2.43. The predicted molar refractivity (Wildman–Crippen MR) is 68.4 cm³/mol. The molecule has 5 heteroatoms. The monoisotopic (exact) mass is 270 g/mol. The highest BCUT2D eigenvalue weighted by molar-refractivity contribution is 5.78. The number of methoxy groups -OCH3 is 1. The van der Waals surface area contributed by atoms with Gasteiger partial charge in [-0.05, 0) is 26.7 Å². The van der Waals surface area contributed by atoms with E-state index in [1.807, 2.05) is 13.0 Å². The first-order valence-corrected chi connectivity index (χ1v) is 6.68. The van der Waals surface area contributed by atoms with Gasteiger partial charge in [-0.2, -0.15) is 0 Å². The Hall–Kier alpha value is -0.910. The van der Waals surface area contributed by atoms with Gasteiger partial charge in [0.25, 0.3) is 0 Å². The zero-order valence-corrected chi connectivity index (χ0v) is 11.8. The molecule has 0 aromatic heterocycles. The maximum atomic E-state index is 12.2. The fraction of sp³-hybridized carbons (Fsp3) is 0.786. The van der Waals surface area contributed by atoms with Gasteiger partial charge in [0.2, 0.25) is 0 Å². The summed E-state index contributed by atoms with van der Waals surface area (Å²) in [6.45, 7) is 4.48. The van der Waals surface area contributed by atoms with Gasteiger partial charge in [-0.25, -0.2) is 0 Å². The number of carbonyl (C=O) groups excluding carboxylic acids is 1. The van der Waals surface area contributed by atoms with Crippen LogP contribution in [0.5, 0.6) is 0 Å². The van der Waals surface area contributed by atoms with E-state index in [-0.39, 0.29) is 0 Å². The summed E-state index contributed by atoms with van der Waals surface area (Å²) < 4.78 is 16.5. The Labute approximate surface area is 113 Å². The highest BCUT2D eigenvalue weighted by Crippen LogP contribution is 2.50. The molecule has 0 aromatic rings. The van der Waals surface area contributed by atoms with Gasteiger partial charge in [0, 0.05) is 6.42 Å².